The predicted octanol–water partition coefficient (Wildman–Crippen LogP) is 2.00. The minimum absolute atomic E-state index is 0.0957. The molecule has 0 saturated carbocycles. The molecule has 0 radical (unpaired) electrons. The Kier molecular flexibility index (Phi) is 9.02. The first-order chi connectivity index (χ1) is 15.2. The number of nitrogens with one attached hydrogen (secondary N) is 4. The first-order valence-corrected chi connectivity index (χ1v) is 10.4. The van der Waals surface area contributed by atoms with E-state index in [-0.39, 0.29) is 36.8 Å². The molecule has 170 valence electrons. The summed E-state index contributed by atoms with van der Waals surface area (Å²) in [5.41, 5.74) is 6.32. The van der Waals surface area contributed by atoms with Crippen molar-refractivity contribution in [1.29, 1.82) is 5.41 Å². The number of rotatable bonds is 9. The fourth-order valence-corrected chi connectivity index (χ4v) is 3.21. The van der Waals surface area contributed by atoms with Gasteiger partial charge in [0.2, 0.25) is 5.91 Å². The second-order valence-electron chi connectivity index (χ2n) is 6.63. The van der Waals surface area contributed by atoms with Crippen LogP contribution in [0.1, 0.15) is 35.3 Å². The number of anilines is 1. The van der Waals surface area contributed by atoms with Gasteiger partial charge in [-0.2, -0.15) is 0 Å². The van der Waals surface area contributed by atoms with E-state index < -0.39 is 23.8 Å². The molecule has 0 bridgehead atoms. The van der Waals surface area contributed by atoms with E-state index in [0.29, 0.717) is 15.7 Å². The first-order valence-electron chi connectivity index (χ1n) is 9.62. The molecular weight excluding hydrogens is 482 g/mol. The quantitative estimate of drug-likeness (QED) is 0.172. The van der Waals surface area contributed by atoms with E-state index in [0.717, 1.165) is 0 Å². The second-order valence-corrected chi connectivity index (χ2v) is 7.55. The molecule has 1 unspecified atom stereocenters. The van der Waals surface area contributed by atoms with Crippen molar-refractivity contribution in [3.05, 3.63) is 58.1 Å². The van der Waals surface area contributed by atoms with Gasteiger partial charge in [0.1, 0.15) is 5.75 Å². The normalized spacial score (nSPS) is 11.2. The SMILES string of the molecule is CCOC(=O)CC(NC(=O)CNC(=O)c1cccc(NC(=N)N)c1)c1cc(Br)ccc1O. The molecule has 0 aliphatic carbocycles. The Morgan fingerprint density at radius 2 is 1.97 bits per heavy atom. The maximum absolute atomic E-state index is 12.5. The topological polar surface area (TPSA) is 167 Å². The van der Waals surface area contributed by atoms with Crippen molar-refractivity contribution in [1.82, 2.24) is 10.6 Å². The Morgan fingerprint density at radius 1 is 1.22 bits per heavy atom. The number of aromatic hydroxyl groups is 1. The van der Waals surface area contributed by atoms with Gasteiger partial charge in [-0.3, -0.25) is 19.8 Å². The number of halogens is 1. The number of esters is 1. The molecule has 32 heavy (non-hydrogen) atoms. The summed E-state index contributed by atoms with van der Waals surface area (Å²) in [6.45, 7) is 1.48. The van der Waals surface area contributed by atoms with Gasteiger partial charge in [-0.1, -0.05) is 22.0 Å². The highest BCUT2D eigenvalue weighted by Crippen LogP contribution is 2.29. The van der Waals surface area contributed by atoms with Crippen LogP contribution in [0.25, 0.3) is 0 Å². The Hall–Kier alpha value is -3.60. The van der Waals surface area contributed by atoms with Gasteiger partial charge in [0.25, 0.3) is 5.91 Å². The average Bonchev–Trinajstić information content (AvgIpc) is 2.73. The Labute approximate surface area is 193 Å². The molecule has 1 atom stereocenters. The van der Waals surface area contributed by atoms with Crippen LogP contribution >= 0.6 is 15.9 Å². The van der Waals surface area contributed by atoms with E-state index in [4.69, 9.17) is 15.9 Å². The number of benzene rings is 2. The van der Waals surface area contributed by atoms with Crippen molar-refractivity contribution in [3.63, 3.8) is 0 Å². The number of phenolic OH excluding ortho intramolecular Hbond substituents is 1. The molecule has 2 amide bonds. The van der Waals surface area contributed by atoms with Gasteiger partial charge in [0.15, 0.2) is 5.96 Å². The first kappa shape index (κ1) is 24.7. The minimum atomic E-state index is -0.862. The summed E-state index contributed by atoms with van der Waals surface area (Å²) in [6, 6.07) is 10.1. The van der Waals surface area contributed by atoms with E-state index in [1.54, 1.807) is 37.3 Å². The fraction of sp³-hybridized carbons (Fsp3) is 0.238. The molecule has 2 rings (SSSR count). The second kappa shape index (κ2) is 11.7. The van der Waals surface area contributed by atoms with Crippen molar-refractivity contribution in [2.75, 3.05) is 18.5 Å². The van der Waals surface area contributed by atoms with E-state index in [2.05, 4.69) is 31.9 Å². The lowest BCUT2D eigenvalue weighted by atomic mass is 10.0. The highest BCUT2D eigenvalue weighted by Gasteiger charge is 2.22. The molecule has 2 aromatic rings. The maximum Gasteiger partial charge on any atom is 0.308 e. The van der Waals surface area contributed by atoms with Gasteiger partial charge in [0, 0.05) is 21.3 Å². The lowest BCUT2D eigenvalue weighted by Crippen LogP contribution is -2.39. The van der Waals surface area contributed by atoms with Crippen LogP contribution in [0, 0.1) is 5.41 Å². The van der Waals surface area contributed by atoms with Gasteiger partial charge in [-0.15, -0.1) is 0 Å². The van der Waals surface area contributed by atoms with Crippen LogP contribution in [-0.4, -0.2) is 42.0 Å². The van der Waals surface area contributed by atoms with Crippen LogP contribution in [0.5, 0.6) is 5.75 Å². The summed E-state index contributed by atoms with van der Waals surface area (Å²) < 4.78 is 5.61. The monoisotopic (exact) mass is 505 g/mol. The number of nitrogens with two attached hydrogens (primary N) is 1. The van der Waals surface area contributed by atoms with Gasteiger partial charge in [-0.05, 0) is 43.3 Å². The van der Waals surface area contributed by atoms with Gasteiger partial charge >= 0.3 is 5.97 Å². The van der Waals surface area contributed by atoms with Crippen LogP contribution < -0.4 is 21.7 Å². The van der Waals surface area contributed by atoms with Gasteiger partial charge in [0.05, 0.1) is 25.6 Å². The molecule has 0 aromatic heterocycles. The number of amides is 2. The Bertz CT molecular complexity index is 1010. The molecule has 0 aliphatic rings. The van der Waals surface area contributed by atoms with E-state index in [1.807, 2.05) is 0 Å². The summed E-state index contributed by atoms with van der Waals surface area (Å²) in [6.07, 6.45) is -0.198. The Balaban J connectivity index is 2.06. The Morgan fingerprint density at radius 3 is 2.66 bits per heavy atom. The maximum atomic E-state index is 12.5. The molecule has 0 spiro atoms. The average molecular weight is 506 g/mol. The minimum Gasteiger partial charge on any atom is -0.508 e. The molecule has 0 heterocycles. The third-order valence-electron chi connectivity index (χ3n) is 4.19. The van der Waals surface area contributed by atoms with E-state index >= 15 is 0 Å². The molecule has 2 aromatic carbocycles. The van der Waals surface area contributed by atoms with Crippen molar-refractivity contribution >= 4 is 45.4 Å². The van der Waals surface area contributed by atoms with Crippen molar-refractivity contribution in [2.24, 2.45) is 5.73 Å². The van der Waals surface area contributed by atoms with Crippen molar-refractivity contribution in [3.8, 4) is 5.75 Å². The zero-order valence-electron chi connectivity index (χ0n) is 17.3. The van der Waals surface area contributed by atoms with Crippen LogP contribution in [0.4, 0.5) is 5.69 Å². The number of carbonyl (C=O) groups is 3. The van der Waals surface area contributed by atoms with Crippen LogP contribution in [0.3, 0.4) is 0 Å². The largest absolute Gasteiger partial charge is 0.508 e. The number of hydrogen-bond acceptors (Lipinski definition) is 6. The highest BCUT2D eigenvalue weighted by molar-refractivity contribution is 9.10. The van der Waals surface area contributed by atoms with Crippen LogP contribution in [-0.2, 0) is 14.3 Å². The number of carbonyl (C=O) groups excluding carboxylic acids is 3. The predicted molar refractivity (Wildman–Crippen MR) is 122 cm³/mol. The fourth-order valence-electron chi connectivity index (χ4n) is 2.83. The number of ether oxygens (including phenoxy) is 1. The lowest BCUT2D eigenvalue weighted by molar-refractivity contribution is -0.143. The zero-order valence-corrected chi connectivity index (χ0v) is 18.9. The number of hydrogen-bond donors (Lipinski definition) is 6. The molecule has 10 nitrogen and oxygen atoms in total. The summed E-state index contributed by atoms with van der Waals surface area (Å²) in [4.78, 5) is 36.9. The molecule has 0 aliphatic heterocycles. The van der Waals surface area contributed by atoms with Gasteiger partial charge < -0.3 is 31.5 Å². The molecule has 7 N–H and O–H groups in total. The van der Waals surface area contributed by atoms with Gasteiger partial charge in [-0.25, -0.2) is 0 Å². The zero-order chi connectivity index (χ0) is 23.7. The lowest BCUT2D eigenvalue weighted by Gasteiger charge is -2.20. The summed E-state index contributed by atoms with van der Waals surface area (Å²) in [5.74, 6) is -1.99. The van der Waals surface area contributed by atoms with E-state index in [9.17, 15) is 19.5 Å². The van der Waals surface area contributed by atoms with E-state index in [1.165, 1.54) is 12.1 Å². The third kappa shape index (κ3) is 7.58. The summed E-state index contributed by atoms with van der Waals surface area (Å²) in [5, 5.41) is 25.1. The summed E-state index contributed by atoms with van der Waals surface area (Å²) >= 11 is 3.30. The smallest absolute Gasteiger partial charge is 0.308 e. The third-order valence-corrected chi connectivity index (χ3v) is 4.68. The highest BCUT2D eigenvalue weighted by atomic mass is 79.9. The molecule has 0 saturated heterocycles. The standard InChI is InChI=1S/C21H24BrN5O5/c1-2-32-19(30)10-16(15-9-13(22)6-7-17(15)28)27-18(29)11-25-20(31)12-4-3-5-14(8-12)26-21(23)24/h3-9,16,28H,2,10-11H2,1H3,(H,25,31)(H,27,29)(H4,23,24,26). The number of phenols is 1. The van der Waals surface area contributed by atoms with Crippen LogP contribution in [0.2, 0.25) is 0 Å². The van der Waals surface area contributed by atoms with Crippen LogP contribution in [0.15, 0.2) is 46.9 Å². The van der Waals surface area contributed by atoms with Crippen molar-refractivity contribution < 1.29 is 24.2 Å². The molecular formula is C21H24BrN5O5. The van der Waals surface area contributed by atoms with Crippen molar-refractivity contribution in [2.45, 2.75) is 19.4 Å². The molecule has 0 fully saturated rings. The number of guanidine groups is 1. The summed E-state index contributed by atoms with van der Waals surface area (Å²) in [7, 11) is 0. The molecule has 11 heteroatoms.